The minimum absolute atomic E-state index is 0.281. The summed E-state index contributed by atoms with van der Waals surface area (Å²) < 4.78 is 14.7. The lowest BCUT2D eigenvalue weighted by atomic mass is 9.68. The van der Waals surface area contributed by atoms with Crippen molar-refractivity contribution in [1.29, 1.82) is 5.26 Å². The number of benzene rings is 1. The number of aryl methyl sites for hydroxylation is 1. The Morgan fingerprint density at radius 2 is 2.10 bits per heavy atom. The normalized spacial score (nSPS) is 17.6. The largest absolute Gasteiger partial charge is 0.382 e. The molecule has 1 saturated carbocycles. The van der Waals surface area contributed by atoms with E-state index in [-0.39, 0.29) is 11.6 Å². The summed E-state index contributed by atoms with van der Waals surface area (Å²) in [6.45, 7) is 5.77. The van der Waals surface area contributed by atoms with E-state index in [0.29, 0.717) is 35.3 Å². The Balaban J connectivity index is 1.41. The summed E-state index contributed by atoms with van der Waals surface area (Å²) >= 11 is 0. The molecule has 1 spiro atoms. The molecule has 31 heavy (non-hydrogen) atoms. The second kappa shape index (κ2) is 8.96. The maximum absolute atomic E-state index is 13.2. The minimum atomic E-state index is -0.328. The van der Waals surface area contributed by atoms with E-state index in [4.69, 9.17) is 10.7 Å². The van der Waals surface area contributed by atoms with Gasteiger partial charge in [-0.1, -0.05) is 6.42 Å². The van der Waals surface area contributed by atoms with Crippen molar-refractivity contribution in [3.8, 4) is 11.8 Å². The zero-order valence-corrected chi connectivity index (χ0v) is 18.1. The molecule has 0 unspecified atom stereocenters. The third-order valence-electron chi connectivity index (χ3n) is 6.50. The number of halogens is 1. The molecule has 2 aromatic rings. The molecule has 0 radical (unpaired) electrons. The maximum Gasteiger partial charge on any atom is 0.193 e. The number of aromatic nitrogens is 2. The molecule has 1 saturated heterocycles. The van der Waals surface area contributed by atoms with Crippen LogP contribution in [-0.4, -0.2) is 46.8 Å². The highest BCUT2D eigenvalue weighted by Crippen LogP contribution is 2.47. The van der Waals surface area contributed by atoms with Crippen molar-refractivity contribution in [2.24, 2.45) is 10.4 Å². The number of hydrogen-bond donors (Lipinski definition) is 2. The number of hydrogen-bond acceptors (Lipinski definition) is 4. The van der Waals surface area contributed by atoms with Gasteiger partial charge in [-0.25, -0.2) is 9.07 Å². The molecule has 8 heteroatoms. The van der Waals surface area contributed by atoms with E-state index in [9.17, 15) is 9.65 Å². The van der Waals surface area contributed by atoms with E-state index in [2.05, 4.69) is 28.3 Å². The van der Waals surface area contributed by atoms with Crippen molar-refractivity contribution in [3.05, 3.63) is 41.3 Å². The van der Waals surface area contributed by atoms with Gasteiger partial charge in [0, 0.05) is 26.2 Å². The lowest BCUT2D eigenvalue weighted by Crippen LogP contribution is -2.42. The van der Waals surface area contributed by atoms with Gasteiger partial charge in [-0.15, -0.1) is 0 Å². The van der Waals surface area contributed by atoms with E-state index < -0.39 is 0 Å². The van der Waals surface area contributed by atoms with E-state index in [1.807, 2.05) is 0 Å². The molecule has 1 aliphatic carbocycles. The van der Waals surface area contributed by atoms with Crippen LogP contribution in [-0.2, 0) is 6.42 Å². The molecule has 1 aliphatic heterocycles. The van der Waals surface area contributed by atoms with E-state index in [1.54, 1.807) is 12.1 Å². The van der Waals surface area contributed by atoms with Gasteiger partial charge >= 0.3 is 0 Å². The summed E-state index contributed by atoms with van der Waals surface area (Å²) in [4.78, 5) is 7.22. The van der Waals surface area contributed by atoms with Crippen LogP contribution in [0.4, 0.5) is 10.2 Å². The number of aliphatic imine (C=N–C) groups is 1. The van der Waals surface area contributed by atoms with Gasteiger partial charge in [0.2, 0.25) is 0 Å². The van der Waals surface area contributed by atoms with Gasteiger partial charge in [-0.05, 0) is 68.7 Å². The first kappa shape index (κ1) is 21.2. The van der Waals surface area contributed by atoms with Crippen LogP contribution in [0.25, 0.3) is 5.69 Å². The first-order chi connectivity index (χ1) is 15.0. The SMILES string of the molecule is CCNC(=NCCCc1nn(-c2ccc(F)cc2)c(N)c1C#N)N1CCC2(CCC2)C1. The average Bonchev–Trinajstić information content (AvgIpc) is 3.33. The van der Waals surface area contributed by atoms with Crippen molar-refractivity contribution < 1.29 is 4.39 Å². The van der Waals surface area contributed by atoms with Gasteiger partial charge < -0.3 is 16.0 Å². The number of nitrogens with two attached hydrogens (primary N) is 1. The standard InChI is InChI=1S/C23H30FN7/c1-2-27-22(30-14-12-23(16-30)10-4-11-23)28-13-3-5-20-19(15-25)21(26)31(29-20)18-8-6-17(24)7-9-18/h6-9H,2-5,10-14,16,26H2,1H3,(H,27,28). The molecule has 7 nitrogen and oxygen atoms in total. The number of nitrogens with one attached hydrogen (secondary N) is 1. The van der Waals surface area contributed by atoms with Crippen molar-refractivity contribution in [3.63, 3.8) is 0 Å². The van der Waals surface area contributed by atoms with Crippen molar-refractivity contribution in [2.75, 3.05) is 31.9 Å². The average molecular weight is 424 g/mol. The Morgan fingerprint density at radius 1 is 1.32 bits per heavy atom. The molecular weight excluding hydrogens is 393 g/mol. The summed E-state index contributed by atoms with van der Waals surface area (Å²) in [5.74, 6) is 0.942. The molecule has 0 amide bonds. The van der Waals surface area contributed by atoms with Gasteiger partial charge in [-0.3, -0.25) is 4.99 Å². The molecule has 4 rings (SSSR count). The zero-order valence-electron chi connectivity index (χ0n) is 18.1. The highest BCUT2D eigenvalue weighted by molar-refractivity contribution is 5.80. The first-order valence-corrected chi connectivity index (χ1v) is 11.1. The smallest absolute Gasteiger partial charge is 0.193 e. The van der Waals surface area contributed by atoms with Crippen LogP contribution in [0.5, 0.6) is 0 Å². The number of nitrogens with zero attached hydrogens (tertiary/aromatic N) is 5. The van der Waals surface area contributed by atoms with Crippen LogP contribution in [0.3, 0.4) is 0 Å². The second-order valence-corrected chi connectivity index (χ2v) is 8.57. The maximum atomic E-state index is 13.2. The molecule has 1 aromatic heterocycles. The summed E-state index contributed by atoms with van der Waals surface area (Å²) in [7, 11) is 0. The minimum Gasteiger partial charge on any atom is -0.382 e. The third kappa shape index (κ3) is 4.36. The summed E-state index contributed by atoms with van der Waals surface area (Å²) in [6.07, 6.45) is 6.69. The summed E-state index contributed by atoms with van der Waals surface area (Å²) in [6, 6.07) is 8.07. The summed E-state index contributed by atoms with van der Waals surface area (Å²) in [5.41, 5.74) is 8.34. The molecule has 0 atom stereocenters. The van der Waals surface area contributed by atoms with Crippen molar-refractivity contribution in [2.45, 2.75) is 45.4 Å². The van der Waals surface area contributed by atoms with Gasteiger partial charge in [0.05, 0.1) is 11.4 Å². The lowest BCUT2D eigenvalue weighted by molar-refractivity contribution is 0.151. The van der Waals surface area contributed by atoms with Gasteiger partial charge in [0.1, 0.15) is 23.3 Å². The molecule has 1 aromatic carbocycles. The molecule has 0 bridgehead atoms. The van der Waals surface area contributed by atoms with Crippen LogP contribution in [0.15, 0.2) is 29.3 Å². The van der Waals surface area contributed by atoms with Crippen LogP contribution < -0.4 is 11.1 Å². The Labute approximate surface area is 182 Å². The van der Waals surface area contributed by atoms with Crippen LogP contribution in [0, 0.1) is 22.6 Å². The number of likely N-dealkylation sites (tertiary alicyclic amines) is 1. The molecule has 2 fully saturated rings. The Hall–Kier alpha value is -3.08. The number of nitriles is 1. The van der Waals surface area contributed by atoms with Gasteiger partial charge in [-0.2, -0.15) is 10.4 Å². The molecule has 2 aliphatic rings. The van der Waals surface area contributed by atoms with Gasteiger partial charge in [0.15, 0.2) is 5.96 Å². The predicted octanol–water partition coefficient (Wildman–Crippen LogP) is 3.24. The first-order valence-electron chi connectivity index (χ1n) is 11.1. The number of guanidine groups is 1. The number of anilines is 1. The highest BCUT2D eigenvalue weighted by Gasteiger charge is 2.43. The van der Waals surface area contributed by atoms with Crippen LogP contribution >= 0.6 is 0 Å². The quantitative estimate of drug-likeness (QED) is 0.423. The van der Waals surface area contributed by atoms with Crippen LogP contribution in [0.2, 0.25) is 0 Å². The predicted molar refractivity (Wildman–Crippen MR) is 119 cm³/mol. The lowest BCUT2D eigenvalue weighted by Gasteiger charge is -2.38. The Morgan fingerprint density at radius 3 is 2.71 bits per heavy atom. The zero-order chi connectivity index (χ0) is 21.8. The fourth-order valence-corrected chi connectivity index (χ4v) is 4.61. The molecule has 3 N–H and O–H groups in total. The molecule has 2 heterocycles. The number of nitrogen functional groups attached to an aromatic ring is 1. The van der Waals surface area contributed by atoms with Crippen molar-refractivity contribution in [1.82, 2.24) is 20.0 Å². The summed E-state index contributed by atoms with van der Waals surface area (Å²) in [5, 5.41) is 17.5. The second-order valence-electron chi connectivity index (χ2n) is 8.57. The molecular formula is C23H30FN7. The monoisotopic (exact) mass is 423 g/mol. The van der Waals surface area contributed by atoms with Gasteiger partial charge in [0.25, 0.3) is 0 Å². The van der Waals surface area contributed by atoms with E-state index in [0.717, 1.165) is 32.0 Å². The highest BCUT2D eigenvalue weighted by atomic mass is 19.1. The molecule has 164 valence electrons. The topological polar surface area (TPSA) is 95.3 Å². The fourth-order valence-electron chi connectivity index (χ4n) is 4.61. The van der Waals surface area contributed by atoms with Crippen molar-refractivity contribution >= 4 is 11.8 Å². The van der Waals surface area contributed by atoms with E-state index in [1.165, 1.54) is 42.5 Å². The third-order valence-corrected chi connectivity index (χ3v) is 6.50. The number of rotatable bonds is 6. The fraction of sp³-hybridized carbons (Fsp3) is 0.522. The van der Waals surface area contributed by atoms with E-state index >= 15 is 0 Å². The van der Waals surface area contributed by atoms with Crippen LogP contribution in [0.1, 0.15) is 50.3 Å². The Kier molecular flexibility index (Phi) is 6.12. The Bertz CT molecular complexity index is 983.